The molecular formula is C19H20O4. The molecule has 1 unspecified atom stereocenters. The van der Waals surface area contributed by atoms with Gasteiger partial charge in [0.1, 0.15) is 31.3 Å². The molecule has 2 aromatic rings. The Morgan fingerprint density at radius 1 is 1.13 bits per heavy atom. The summed E-state index contributed by atoms with van der Waals surface area (Å²) in [6.45, 7) is 2.94. The zero-order chi connectivity index (χ0) is 16.1. The molecule has 0 aliphatic carbocycles. The van der Waals surface area contributed by atoms with Gasteiger partial charge in [0.05, 0.1) is 5.92 Å². The second-order valence-electron chi connectivity index (χ2n) is 5.60. The highest BCUT2D eigenvalue weighted by Crippen LogP contribution is 2.27. The molecule has 0 saturated heterocycles. The number of carbonyl (C=O) groups is 1. The monoisotopic (exact) mass is 312 g/mol. The van der Waals surface area contributed by atoms with Crippen LogP contribution in [0.2, 0.25) is 0 Å². The van der Waals surface area contributed by atoms with Gasteiger partial charge in [-0.1, -0.05) is 36.4 Å². The van der Waals surface area contributed by atoms with Gasteiger partial charge in [0.15, 0.2) is 0 Å². The largest absolute Gasteiger partial charge is 0.492 e. The first kappa shape index (κ1) is 15.4. The van der Waals surface area contributed by atoms with Crippen LogP contribution in [-0.2, 0) is 16.0 Å². The van der Waals surface area contributed by atoms with E-state index < -0.39 is 0 Å². The number of aryl methyl sites for hydroxylation is 1. The van der Waals surface area contributed by atoms with E-state index in [2.05, 4.69) is 0 Å². The molecule has 4 nitrogen and oxygen atoms in total. The number of ether oxygens (including phenoxy) is 3. The van der Waals surface area contributed by atoms with Crippen molar-refractivity contribution < 1.29 is 19.0 Å². The van der Waals surface area contributed by atoms with Crippen molar-refractivity contribution in [1.29, 1.82) is 0 Å². The summed E-state index contributed by atoms with van der Waals surface area (Å²) in [5, 5.41) is 0. The Hall–Kier alpha value is -2.49. The zero-order valence-electron chi connectivity index (χ0n) is 13.2. The minimum Gasteiger partial charge on any atom is -0.492 e. The third-order valence-corrected chi connectivity index (χ3v) is 3.89. The number of para-hydroxylation sites is 2. The van der Waals surface area contributed by atoms with Crippen LogP contribution in [-0.4, -0.2) is 25.8 Å². The maximum absolute atomic E-state index is 12.1. The molecular weight excluding hydrogens is 292 g/mol. The summed E-state index contributed by atoms with van der Waals surface area (Å²) in [6, 6.07) is 15.6. The van der Waals surface area contributed by atoms with Crippen LogP contribution in [0, 0.1) is 12.8 Å². The van der Waals surface area contributed by atoms with E-state index in [1.165, 1.54) is 0 Å². The molecule has 0 radical (unpaired) electrons. The second-order valence-corrected chi connectivity index (χ2v) is 5.60. The molecule has 0 bridgehead atoms. The topological polar surface area (TPSA) is 44.8 Å². The van der Waals surface area contributed by atoms with Crippen molar-refractivity contribution in [3.05, 3.63) is 59.7 Å². The summed E-state index contributed by atoms with van der Waals surface area (Å²) >= 11 is 0. The lowest BCUT2D eigenvalue weighted by Gasteiger charge is -2.23. The van der Waals surface area contributed by atoms with Crippen LogP contribution >= 0.6 is 0 Å². The number of fused-ring (bicyclic) bond motifs is 1. The SMILES string of the molecule is Cc1ccccc1OCCOC(=O)C1COc2ccccc2C1. The third-order valence-electron chi connectivity index (χ3n) is 3.89. The van der Waals surface area contributed by atoms with Crippen LogP contribution in [0.25, 0.3) is 0 Å². The number of rotatable bonds is 5. The van der Waals surface area contributed by atoms with Crippen molar-refractivity contribution in [2.45, 2.75) is 13.3 Å². The molecule has 120 valence electrons. The molecule has 0 fully saturated rings. The molecule has 3 rings (SSSR count). The molecule has 1 atom stereocenters. The fourth-order valence-electron chi connectivity index (χ4n) is 2.61. The number of hydrogen-bond donors (Lipinski definition) is 0. The minimum absolute atomic E-state index is 0.229. The minimum atomic E-state index is -0.247. The molecule has 1 heterocycles. The molecule has 4 heteroatoms. The molecule has 0 spiro atoms. The Bertz CT molecular complexity index is 681. The van der Waals surface area contributed by atoms with Gasteiger partial charge in [-0.15, -0.1) is 0 Å². The van der Waals surface area contributed by atoms with Crippen molar-refractivity contribution in [3.8, 4) is 11.5 Å². The lowest BCUT2D eigenvalue weighted by Crippen LogP contribution is -2.30. The second kappa shape index (κ2) is 7.18. The van der Waals surface area contributed by atoms with Gasteiger partial charge in [0, 0.05) is 0 Å². The van der Waals surface area contributed by atoms with Crippen molar-refractivity contribution >= 4 is 5.97 Å². The van der Waals surface area contributed by atoms with Crippen molar-refractivity contribution in [2.24, 2.45) is 5.92 Å². The number of benzene rings is 2. The van der Waals surface area contributed by atoms with E-state index >= 15 is 0 Å². The number of esters is 1. The highest BCUT2D eigenvalue weighted by Gasteiger charge is 2.26. The Labute approximate surface area is 136 Å². The molecule has 0 N–H and O–H groups in total. The van der Waals surface area contributed by atoms with Gasteiger partial charge >= 0.3 is 5.97 Å². The Balaban J connectivity index is 1.45. The van der Waals surface area contributed by atoms with Gasteiger partial charge < -0.3 is 14.2 Å². The lowest BCUT2D eigenvalue weighted by molar-refractivity contribution is -0.150. The van der Waals surface area contributed by atoms with Crippen molar-refractivity contribution in [2.75, 3.05) is 19.8 Å². The quantitative estimate of drug-likeness (QED) is 0.628. The van der Waals surface area contributed by atoms with E-state index in [0.717, 1.165) is 22.6 Å². The normalized spacial score (nSPS) is 16.1. The van der Waals surface area contributed by atoms with Crippen LogP contribution in [0.15, 0.2) is 48.5 Å². The predicted octanol–water partition coefficient (Wildman–Crippen LogP) is 3.17. The third kappa shape index (κ3) is 3.83. The maximum Gasteiger partial charge on any atom is 0.312 e. The van der Waals surface area contributed by atoms with Crippen molar-refractivity contribution in [3.63, 3.8) is 0 Å². The predicted molar refractivity (Wildman–Crippen MR) is 86.8 cm³/mol. The first-order chi connectivity index (χ1) is 11.2. The van der Waals surface area contributed by atoms with Crippen LogP contribution < -0.4 is 9.47 Å². The Morgan fingerprint density at radius 3 is 2.78 bits per heavy atom. The van der Waals surface area contributed by atoms with E-state index in [-0.39, 0.29) is 18.5 Å². The molecule has 2 aromatic carbocycles. The highest BCUT2D eigenvalue weighted by molar-refractivity contribution is 5.73. The van der Waals surface area contributed by atoms with Crippen molar-refractivity contribution in [1.82, 2.24) is 0 Å². The summed E-state index contributed by atoms with van der Waals surface area (Å²) in [5.74, 6) is 1.20. The van der Waals surface area contributed by atoms with Crippen LogP contribution in [0.3, 0.4) is 0 Å². The number of hydrogen-bond acceptors (Lipinski definition) is 4. The summed E-state index contributed by atoms with van der Waals surface area (Å²) in [4.78, 5) is 12.1. The van der Waals surface area contributed by atoms with E-state index in [4.69, 9.17) is 14.2 Å². The average molecular weight is 312 g/mol. The van der Waals surface area contributed by atoms with Gasteiger partial charge in [-0.25, -0.2) is 0 Å². The first-order valence-corrected chi connectivity index (χ1v) is 7.80. The molecule has 1 aliphatic rings. The van der Waals surface area contributed by atoms with Gasteiger partial charge in [-0.2, -0.15) is 0 Å². The Kier molecular flexibility index (Phi) is 4.81. The van der Waals surface area contributed by atoms with E-state index in [9.17, 15) is 4.79 Å². The number of carbonyl (C=O) groups excluding carboxylic acids is 1. The smallest absolute Gasteiger partial charge is 0.312 e. The molecule has 1 aliphatic heterocycles. The summed E-state index contributed by atoms with van der Waals surface area (Å²) in [6.07, 6.45) is 0.660. The Morgan fingerprint density at radius 2 is 1.91 bits per heavy atom. The van der Waals surface area contributed by atoms with Gasteiger partial charge in [-0.3, -0.25) is 4.79 Å². The van der Waals surface area contributed by atoms with E-state index in [1.807, 2.05) is 55.5 Å². The fourth-order valence-corrected chi connectivity index (χ4v) is 2.61. The first-order valence-electron chi connectivity index (χ1n) is 7.80. The lowest BCUT2D eigenvalue weighted by atomic mass is 9.97. The summed E-state index contributed by atoms with van der Waals surface area (Å²) in [5.41, 5.74) is 2.12. The summed E-state index contributed by atoms with van der Waals surface area (Å²) in [7, 11) is 0. The average Bonchev–Trinajstić information content (AvgIpc) is 2.59. The van der Waals surface area contributed by atoms with Crippen LogP contribution in [0.5, 0.6) is 11.5 Å². The molecule has 0 saturated carbocycles. The maximum atomic E-state index is 12.1. The fraction of sp³-hybridized carbons (Fsp3) is 0.316. The molecule has 23 heavy (non-hydrogen) atoms. The summed E-state index contributed by atoms with van der Waals surface area (Å²) < 4.78 is 16.6. The standard InChI is InChI=1S/C19H20O4/c1-14-6-2-4-8-17(14)21-10-11-22-19(20)16-12-15-7-3-5-9-18(15)23-13-16/h2-9,16H,10-13H2,1H3. The zero-order valence-corrected chi connectivity index (χ0v) is 13.2. The van der Waals surface area contributed by atoms with Crippen LogP contribution in [0.1, 0.15) is 11.1 Å². The van der Waals surface area contributed by atoms with Gasteiger partial charge in [0.25, 0.3) is 0 Å². The molecule has 0 amide bonds. The van der Waals surface area contributed by atoms with Gasteiger partial charge in [-0.05, 0) is 36.6 Å². The van der Waals surface area contributed by atoms with Gasteiger partial charge in [0.2, 0.25) is 0 Å². The van der Waals surface area contributed by atoms with E-state index in [0.29, 0.717) is 19.6 Å². The molecule has 0 aromatic heterocycles. The van der Waals surface area contributed by atoms with E-state index in [1.54, 1.807) is 0 Å². The highest BCUT2D eigenvalue weighted by atomic mass is 16.6. The van der Waals surface area contributed by atoms with Crippen LogP contribution in [0.4, 0.5) is 0 Å².